The quantitative estimate of drug-likeness (QED) is 0.0447. The van der Waals surface area contributed by atoms with Crippen LogP contribution in [0, 0.1) is 5.41 Å². The number of carboxylic acids is 1. The van der Waals surface area contributed by atoms with Crippen molar-refractivity contribution in [1.29, 1.82) is 5.41 Å². The third-order valence-corrected chi connectivity index (χ3v) is 9.78. The molecular weight excluding hydrogens is 703 g/mol. The van der Waals surface area contributed by atoms with Crippen LogP contribution in [0.2, 0.25) is 0 Å². The molecule has 0 saturated heterocycles. The minimum atomic E-state index is -0.993. The van der Waals surface area contributed by atoms with E-state index >= 15 is 0 Å². The molecule has 9 nitrogen and oxygen atoms in total. The molecule has 272 valence electrons. The molecule has 0 saturated carbocycles. The molecule has 0 aliphatic rings. The van der Waals surface area contributed by atoms with Gasteiger partial charge in [-0.1, -0.05) is 84.9 Å². The largest absolute Gasteiger partial charge is 0.484 e. The number of nitrogens with two attached hydrogens (primary N) is 1. The van der Waals surface area contributed by atoms with Crippen LogP contribution in [0.4, 0.5) is 0 Å². The lowest BCUT2D eigenvalue weighted by atomic mass is 10.1. The fourth-order valence-electron chi connectivity index (χ4n) is 5.21. The van der Waals surface area contributed by atoms with E-state index in [1.165, 1.54) is 38.3 Å². The zero-order valence-corrected chi connectivity index (χ0v) is 30.9. The van der Waals surface area contributed by atoms with Crippen LogP contribution in [-0.2, 0) is 4.79 Å². The molecule has 4 aromatic carbocycles. The van der Waals surface area contributed by atoms with E-state index in [0.29, 0.717) is 0 Å². The summed E-state index contributed by atoms with van der Waals surface area (Å²) in [6.07, 6.45) is 2.12. The normalized spacial score (nSPS) is 11.5. The number of aliphatic carboxylic acids is 1. The molecule has 0 aliphatic carbocycles. The second-order valence-corrected chi connectivity index (χ2v) is 13.6. The van der Waals surface area contributed by atoms with Gasteiger partial charge in [-0.15, -0.1) is 22.7 Å². The first kappa shape index (κ1) is 42.2. The Labute approximate surface area is 330 Å². The molecule has 0 amide bonds. The highest BCUT2D eigenvalue weighted by Gasteiger charge is 2.17. The Morgan fingerprint density at radius 3 is 1.50 bits per heavy atom. The van der Waals surface area contributed by atoms with Gasteiger partial charge >= 0.3 is 29.0 Å². The van der Waals surface area contributed by atoms with E-state index in [9.17, 15) is 4.79 Å². The van der Waals surface area contributed by atoms with Crippen molar-refractivity contribution >= 4 is 79.2 Å². The van der Waals surface area contributed by atoms with Crippen LogP contribution in [0.15, 0.2) is 120 Å². The number of hydrogen-bond acceptors (Lipinski definition) is 8. The predicted molar refractivity (Wildman–Crippen MR) is 221 cm³/mol. The predicted octanol–water partition coefficient (Wildman–Crippen LogP) is 7.24. The summed E-state index contributed by atoms with van der Waals surface area (Å²) < 4.78 is 12.7. The number of guanidine groups is 1. The minimum Gasteiger partial charge on any atom is -0.484 e. The smallest absolute Gasteiger partial charge is 0.323 e. The number of benzene rings is 4. The Kier molecular flexibility index (Phi) is 18.4. The van der Waals surface area contributed by atoms with Crippen LogP contribution >= 0.6 is 22.7 Å². The summed E-state index contributed by atoms with van der Waals surface area (Å²) in [5.41, 5.74) is 4.93. The maximum absolute atomic E-state index is 9.92. The van der Waals surface area contributed by atoms with Gasteiger partial charge in [-0.3, -0.25) is 10.2 Å². The number of likely N-dealkylation sites (N-methyl/N-ethyl adjacent to an activating group) is 1. The first-order valence-corrected chi connectivity index (χ1v) is 18.5. The highest BCUT2D eigenvalue weighted by atomic mass is 32.1. The second kappa shape index (κ2) is 22.7. The fourth-order valence-corrected chi connectivity index (χ4v) is 6.79. The first-order valence-electron chi connectivity index (χ1n) is 16.7. The molecule has 0 unspecified atom stereocenters. The number of rotatable bonds is 14. The summed E-state index contributed by atoms with van der Waals surface area (Å²) in [5.74, 6) is 0.690. The maximum atomic E-state index is 9.92. The van der Waals surface area contributed by atoms with Crippen molar-refractivity contribution in [2.75, 3.05) is 40.8 Å². The molecule has 12 heteroatoms. The zero-order chi connectivity index (χ0) is 36.4. The molecule has 0 fully saturated rings. The van der Waals surface area contributed by atoms with Gasteiger partial charge in [0.2, 0.25) is 0 Å². The van der Waals surface area contributed by atoms with Gasteiger partial charge in [0.05, 0.1) is 0 Å². The van der Waals surface area contributed by atoms with Gasteiger partial charge in [-0.2, -0.15) is 0 Å². The van der Waals surface area contributed by atoms with E-state index in [4.69, 9.17) is 25.7 Å². The van der Waals surface area contributed by atoms with Crippen LogP contribution < -0.4 is 25.8 Å². The second-order valence-electron chi connectivity index (χ2n) is 11.6. The summed E-state index contributed by atoms with van der Waals surface area (Å²) in [6, 6.07) is 37.6. The van der Waals surface area contributed by atoms with Crippen LogP contribution in [0.25, 0.3) is 21.5 Å². The van der Waals surface area contributed by atoms with Crippen molar-refractivity contribution in [2.45, 2.75) is 25.0 Å². The average Bonchev–Trinajstić information content (AvgIpc) is 3.88. The molecule has 0 spiro atoms. The van der Waals surface area contributed by atoms with E-state index in [1.807, 2.05) is 14.1 Å². The third-order valence-electron chi connectivity index (χ3n) is 7.86. The lowest BCUT2D eigenvalue weighted by molar-refractivity contribution is -0.137. The topological polar surface area (TPSA) is 133 Å². The molecule has 2 aromatic heterocycles. The lowest BCUT2D eigenvalue weighted by Gasteiger charge is -2.19. The van der Waals surface area contributed by atoms with Crippen molar-refractivity contribution in [3.63, 3.8) is 0 Å². The summed E-state index contributed by atoms with van der Waals surface area (Å²) in [6.45, 7) is 1.65. The van der Waals surface area contributed by atoms with Gasteiger partial charge in [0.1, 0.15) is 30.3 Å². The summed E-state index contributed by atoms with van der Waals surface area (Å²) in [7, 11) is 5.39. The van der Waals surface area contributed by atoms with Gasteiger partial charge in [0.15, 0.2) is 5.96 Å². The van der Waals surface area contributed by atoms with Crippen molar-refractivity contribution in [3.8, 4) is 11.5 Å². The summed E-state index contributed by atoms with van der Waals surface area (Å²) in [5, 5.41) is 30.3. The number of hydrogen-bond donors (Lipinski definition) is 5. The number of ether oxygens (including phenoxy) is 2. The van der Waals surface area contributed by atoms with Crippen LogP contribution in [0.1, 0.15) is 34.8 Å². The fraction of sp³-hybridized carbons (Fsp3) is 0.250. The maximum Gasteiger partial charge on any atom is 0.323 e. The molecule has 2 heterocycles. The van der Waals surface area contributed by atoms with Gasteiger partial charge in [-0.05, 0) is 73.0 Å². The van der Waals surface area contributed by atoms with Crippen LogP contribution in [0.5, 0.6) is 11.5 Å². The Morgan fingerprint density at radius 2 is 1.15 bits per heavy atom. The van der Waals surface area contributed by atoms with Crippen molar-refractivity contribution < 1.29 is 19.4 Å². The number of thiophene rings is 2. The van der Waals surface area contributed by atoms with Gasteiger partial charge < -0.3 is 35.8 Å². The van der Waals surface area contributed by atoms with Gasteiger partial charge in [0.25, 0.3) is 0 Å². The summed E-state index contributed by atoms with van der Waals surface area (Å²) >= 11 is 3.51. The van der Waals surface area contributed by atoms with Crippen molar-refractivity contribution in [1.82, 2.24) is 15.5 Å². The molecule has 2 atom stereocenters. The van der Waals surface area contributed by atoms with Crippen molar-refractivity contribution in [2.24, 2.45) is 5.73 Å². The highest BCUT2D eigenvalue weighted by Crippen LogP contribution is 2.34. The van der Waals surface area contributed by atoms with E-state index in [0.717, 1.165) is 42.3 Å². The molecular formula is C40H49MgN5O4S2. The monoisotopic (exact) mass is 751 g/mol. The standard InChI is InChI=1S/2C18H19NOS.C4H9N3O2.Mg.2H/c2*1-19-12-11-17(18-10-5-13-21-18)20-16-9-4-7-14-6-2-3-8-15(14)16;1-7(4(5)6)2-3(8)9;;;/h2*2-10,13,17,19H,11-12H2,1H3;2H2,1H3,(H3,5,6)(H,8,9);;;/t2*17-;;;;/m00..../s1. The van der Waals surface area contributed by atoms with Crippen LogP contribution in [-0.4, -0.2) is 85.8 Å². The number of nitrogens with zero attached hydrogens (tertiary/aromatic N) is 1. The Balaban J connectivity index is 0.000000225. The molecule has 6 N–H and O–H groups in total. The van der Waals surface area contributed by atoms with Gasteiger partial charge in [-0.25, -0.2) is 0 Å². The SMILES string of the molecule is CN(CC(=O)O)C(=N)N.CNCC[C@H](Oc1cccc2ccccc12)c1cccs1.CNCC[C@H](Oc1cccc2ccccc12)c1cccs1.[MgH2]. The first-order chi connectivity index (χ1) is 24.8. The Morgan fingerprint density at radius 1 is 0.731 bits per heavy atom. The molecule has 0 bridgehead atoms. The number of carbonyl (C=O) groups is 1. The molecule has 52 heavy (non-hydrogen) atoms. The van der Waals surface area contributed by atoms with E-state index < -0.39 is 5.97 Å². The molecule has 0 radical (unpaired) electrons. The van der Waals surface area contributed by atoms with E-state index in [1.54, 1.807) is 22.7 Å². The lowest BCUT2D eigenvalue weighted by Crippen LogP contribution is -2.36. The van der Waals surface area contributed by atoms with Crippen molar-refractivity contribution in [3.05, 3.63) is 130 Å². The Hall–Kier alpha value is -4.17. The van der Waals surface area contributed by atoms with Crippen LogP contribution in [0.3, 0.4) is 0 Å². The molecule has 0 aliphatic heterocycles. The third kappa shape index (κ3) is 13.1. The number of nitrogens with one attached hydrogen (secondary N) is 3. The zero-order valence-electron chi connectivity index (χ0n) is 29.3. The van der Waals surface area contributed by atoms with E-state index in [-0.39, 0.29) is 47.8 Å². The highest BCUT2D eigenvalue weighted by molar-refractivity contribution is 7.10. The number of fused-ring (bicyclic) bond motifs is 2. The average molecular weight is 752 g/mol. The molecule has 6 rings (SSSR count). The van der Waals surface area contributed by atoms with E-state index in [2.05, 4.69) is 131 Å². The number of carboxylic acid groups (broad SMARTS) is 1. The Bertz CT molecular complexity index is 1790. The molecule has 6 aromatic rings. The summed E-state index contributed by atoms with van der Waals surface area (Å²) in [4.78, 5) is 13.6. The minimum absolute atomic E-state index is 0. The van der Waals surface area contributed by atoms with Gasteiger partial charge in [0, 0.05) is 40.4 Å².